The number of benzene rings is 2. The predicted octanol–water partition coefficient (Wildman–Crippen LogP) is 3.64. The van der Waals surface area contributed by atoms with E-state index in [0.717, 1.165) is 9.13 Å². The Bertz CT molecular complexity index is 763. The normalized spacial score (nSPS) is 11.3. The molecule has 20 heavy (non-hydrogen) atoms. The molecule has 0 amide bonds. The number of nitrogens with two attached hydrogens (primary N) is 1. The second-order valence-corrected chi connectivity index (χ2v) is 7.44. The molecule has 0 saturated heterocycles. The van der Waals surface area contributed by atoms with E-state index >= 15 is 0 Å². The molecule has 106 valence electrons. The molecule has 0 aliphatic rings. The van der Waals surface area contributed by atoms with Gasteiger partial charge in [0.05, 0.1) is 10.7 Å². The number of para-hydroxylation sites is 1. The largest absolute Gasteiger partial charge is 0.398 e. The van der Waals surface area contributed by atoms with Crippen molar-refractivity contribution >= 4 is 55.6 Å². The number of halogens is 2. The summed E-state index contributed by atoms with van der Waals surface area (Å²) >= 11 is 8.07. The van der Waals surface area contributed by atoms with Crippen LogP contribution in [0.1, 0.15) is 5.56 Å². The van der Waals surface area contributed by atoms with E-state index in [1.807, 2.05) is 12.1 Å². The highest BCUT2D eigenvalue weighted by Crippen LogP contribution is 2.29. The van der Waals surface area contributed by atoms with E-state index in [-0.39, 0.29) is 9.92 Å². The molecule has 0 saturated carbocycles. The van der Waals surface area contributed by atoms with Crippen molar-refractivity contribution in [3.05, 3.63) is 50.6 Å². The van der Waals surface area contributed by atoms with Gasteiger partial charge in [-0.2, -0.15) is 0 Å². The molecule has 2 aromatic rings. The molecule has 4 nitrogen and oxygen atoms in total. The maximum Gasteiger partial charge on any atom is 0.263 e. The number of sulfonamides is 1. The average Bonchev–Trinajstić information content (AvgIpc) is 2.36. The number of nitrogen functional groups attached to an aromatic ring is 1. The first-order valence-electron chi connectivity index (χ1n) is 5.64. The molecule has 7 heteroatoms. The van der Waals surface area contributed by atoms with Crippen LogP contribution in [0, 0.1) is 10.5 Å². The van der Waals surface area contributed by atoms with Gasteiger partial charge in [-0.25, -0.2) is 8.42 Å². The zero-order valence-electron chi connectivity index (χ0n) is 10.5. The van der Waals surface area contributed by atoms with Crippen LogP contribution in [0.3, 0.4) is 0 Å². The highest BCUT2D eigenvalue weighted by molar-refractivity contribution is 14.1. The lowest BCUT2D eigenvalue weighted by atomic mass is 10.2. The van der Waals surface area contributed by atoms with E-state index in [4.69, 9.17) is 17.3 Å². The van der Waals surface area contributed by atoms with Gasteiger partial charge in [0.15, 0.2) is 0 Å². The molecule has 2 rings (SSSR count). The molecule has 0 unspecified atom stereocenters. The first-order valence-corrected chi connectivity index (χ1v) is 8.58. The Kier molecular flexibility index (Phi) is 4.46. The lowest BCUT2D eigenvalue weighted by Gasteiger charge is -2.12. The van der Waals surface area contributed by atoms with Gasteiger partial charge in [-0.3, -0.25) is 4.72 Å². The van der Waals surface area contributed by atoms with Crippen LogP contribution < -0.4 is 10.5 Å². The highest BCUT2D eigenvalue weighted by atomic mass is 127. The van der Waals surface area contributed by atoms with E-state index in [1.165, 1.54) is 6.07 Å². The Morgan fingerprint density at radius 3 is 2.55 bits per heavy atom. The Hall–Kier alpha value is -0.990. The standard InChI is InChI=1S/C13H12ClIN2O2S/c1-8-6-9(14)13(7-11(8)16)20(18,19)17-12-5-3-2-4-10(12)15/h2-7,17H,16H2,1H3. The minimum atomic E-state index is -3.77. The van der Waals surface area contributed by atoms with E-state index in [2.05, 4.69) is 27.3 Å². The summed E-state index contributed by atoms with van der Waals surface area (Å²) in [6.07, 6.45) is 0. The fourth-order valence-electron chi connectivity index (χ4n) is 1.62. The topological polar surface area (TPSA) is 72.2 Å². The third-order valence-corrected chi connectivity index (χ3v) is 5.50. The van der Waals surface area contributed by atoms with Crippen molar-refractivity contribution in [3.8, 4) is 0 Å². The fourth-order valence-corrected chi connectivity index (χ4v) is 4.02. The highest BCUT2D eigenvalue weighted by Gasteiger charge is 2.20. The quantitative estimate of drug-likeness (QED) is 0.586. The van der Waals surface area contributed by atoms with Gasteiger partial charge < -0.3 is 5.73 Å². The third kappa shape index (κ3) is 3.18. The minimum Gasteiger partial charge on any atom is -0.398 e. The first-order chi connectivity index (χ1) is 9.31. The fraction of sp³-hybridized carbons (Fsp3) is 0.0769. The van der Waals surface area contributed by atoms with Crippen LogP contribution in [0.5, 0.6) is 0 Å². The van der Waals surface area contributed by atoms with E-state index in [1.54, 1.807) is 25.1 Å². The summed E-state index contributed by atoms with van der Waals surface area (Å²) in [7, 11) is -3.77. The SMILES string of the molecule is Cc1cc(Cl)c(S(=O)(=O)Nc2ccccc2I)cc1N. The molecule has 0 spiro atoms. The molecular formula is C13H12ClIN2O2S. The van der Waals surface area contributed by atoms with Crippen molar-refractivity contribution in [2.75, 3.05) is 10.5 Å². The van der Waals surface area contributed by atoms with Gasteiger partial charge >= 0.3 is 0 Å². The van der Waals surface area contributed by atoms with Crippen LogP contribution >= 0.6 is 34.2 Å². The van der Waals surface area contributed by atoms with Crippen molar-refractivity contribution in [2.24, 2.45) is 0 Å². The number of hydrogen-bond acceptors (Lipinski definition) is 3. The zero-order valence-corrected chi connectivity index (χ0v) is 14.3. The summed E-state index contributed by atoms with van der Waals surface area (Å²) in [5, 5.41) is 0.148. The summed E-state index contributed by atoms with van der Waals surface area (Å²) in [5.74, 6) is 0. The maximum atomic E-state index is 12.4. The number of aryl methyl sites for hydroxylation is 1. The summed E-state index contributed by atoms with van der Waals surface area (Å²) in [5.41, 5.74) is 7.39. The van der Waals surface area contributed by atoms with Gasteiger partial charge in [-0.1, -0.05) is 23.7 Å². The average molecular weight is 423 g/mol. The van der Waals surface area contributed by atoms with E-state index < -0.39 is 10.0 Å². The third-order valence-electron chi connectivity index (χ3n) is 2.73. The maximum absolute atomic E-state index is 12.4. The summed E-state index contributed by atoms with van der Waals surface area (Å²) in [4.78, 5) is -0.0260. The second kappa shape index (κ2) is 5.79. The number of anilines is 2. The van der Waals surface area contributed by atoms with Crippen LogP contribution in [0.25, 0.3) is 0 Å². The Balaban J connectivity index is 2.47. The lowest BCUT2D eigenvalue weighted by Crippen LogP contribution is -2.14. The molecule has 0 bridgehead atoms. The molecule has 0 aromatic heterocycles. The second-order valence-electron chi connectivity index (χ2n) is 4.22. The number of nitrogens with one attached hydrogen (secondary N) is 1. The molecule has 0 heterocycles. The van der Waals surface area contributed by atoms with Crippen LogP contribution in [-0.4, -0.2) is 8.42 Å². The van der Waals surface area contributed by atoms with Crippen LogP contribution in [0.15, 0.2) is 41.3 Å². The minimum absolute atomic E-state index is 0.0260. The van der Waals surface area contributed by atoms with Crippen molar-refractivity contribution in [1.29, 1.82) is 0 Å². The summed E-state index contributed by atoms with van der Waals surface area (Å²) in [6.45, 7) is 1.77. The Morgan fingerprint density at radius 1 is 1.25 bits per heavy atom. The number of hydrogen-bond donors (Lipinski definition) is 2. The Labute approximate surface area is 136 Å². The van der Waals surface area contributed by atoms with Crippen molar-refractivity contribution in [3.63, 3.8) is 0 Å². The van der Waals surface area contributed by atoms with Gasteiger partial charge in [0.2, 0.25) is 0 Å². The summed E-state index contributed by atoms with van der Waals surface area (Å²) in [6, 6.07) is 9.99. The molecule has 0 fully saturated rings. The lowest BCUT2D eigenvalue weighted by molar-refractivity contribution is 0.601. The monoisotopic (exact) mass is 422 g/mol. The van der Waals surface area contributed by atoms with Gasteiger partial charge in [-0.05, 0) is 59.3 Å². The van der Waals surface area contributed by atoms with Gasteiger partial charge in [0, 0.05) is 9.26 Å². The van der Waals surface area contributed by atoms with Crippen molar-refractivity contribution in [2.45, 2.75) is 11.8 Å². The summed E-state index contributed by atoms with van der Waals surface area (Å²) < 4.78 is 28.1. The van der Waals surface area contributed by atoms with Crippen molar-refractivity contribution in [1.82, 2.24) is 0 Å². The van der Waals surface area contributed by atoms with E-state index in [0.29, 0.717) is 11.4 Å². The smallest absolute Gasteiger partial charge is 0.263 e. The molecule has 0 radical (unpaired) electrons. The van der Waals surface area contributed by atoms with Gasteiger partial charge in [-0.15, -0.1) is 0 Å². The Morgan fingerprint density at radius 2 is 1.90 bits per heavy atom. The molecule has 0 aliphatic heterocycles. The number of rotatable bonds is 3. The van der Waals surface area contributed by atoms with Crippen molar-refractivity contribution < 1.29 is 8.42 Å². The predicted molar refractivity (Wildman–Crippen MR) is 90.6 cm³/mol. The molecule has 0 aliphatic carbocycles. The molecule has 3 N–H and O–H groups in total. The van der Waals surface area contributed by atoms with Crippen LogP contribution in [0.2, 0.25) is 5.02 Å². The molecular weight excluding hydrogens is 411 g/mol. The van der Waals surface area contributed by atoms with Crippen LogP contribution in [0.4, 0.5) is 11.4 Å². The van der Waals surface area contributed by atoms with Gasteiger partial charge in [0.25, 0.3) is 10.0 Å². The first kappa shape index (κ1) is 15.4. The zero-order chi connectivity index (χ0) is 14.9. The van der Waals surface area contributed by atoms with Gasteiger partial charge in [0.1, 0.15) is 4.90 Å². The molecule has 0 atom stereocenters. The molecule has 2 aromatic carbocycles. The van der Waals surface area contributed by atoms with Crippen LogP contribution in [-0.2, 0) is 10.0 Å². The van der Waals surface area contributed by atoms with E-state index in [9.17, 15) is 8.42 Å².